The molecular weight excluding hydrogens is 291 g/mol. The van der Waals surface area contributed by atoms with Crippen molar-refractivity contribution in [2.45, 2.75) is 11.8 Å². The Morgan fingerprint density at radius 1 is 1.38 bits per heavy atom. The van der Waals surface area contributed by atoms with Crippen LogP contribution < -0.4 is 0 Å². The van der Waals surface area contributed by atoms with Crippen LogP contribution >= 0.6 is 34.4 Å². The Hall–Kier alpha value is -0.220. The van der Waals surface area contributed by atoms with E-state index in [0.717, 1.165) is 5.57 Å². The van der Waals surface area contributed by atoms with Crippen molar-refractivity contribution in [1.29, 1.82) is 0 Å². The Morgan fingerprint density at radius 3 is 2.54 bits per heavy atom. The summed E-state index contributed by atoms with van der Waals surface area (Å²) in [5, 5.41) is 0. The minimum atomic E-state index is 1.09. The van der Waals surface area contributed by atoms with Crippen LogP contribution in [0.15, 0.2) is 56.4 Å². The number of allylic oxidation sites excluding steroid dienone is 2. The number of rotatable bonds is 3. The van der Waals surface area contributed by atoms with E-state index in [-0.39, 0.29) is 0 Å². The molecule has 2 heteroatoms. The molecule has 0 nitrogen and oxygen atoms in total. The topological polar surface area (TPSA) is 0 Å². The van der Waals surface area contributed by atoms with Crippen LogP contribution in [0.3, 0.4) is 0 Å². The summed E-state index contributed by atoms with van der Waals surface area (Å²) in [6.07, 6.45) is 2.08. The maximum Gasteiger partial charge on any atom is 0.0508 e. The summed E-state index contributed by atoms with van der Waals surface area (Å²) in [6, 6.07) is 10.3. The van der Waals surface area contributed by atoms with Gasteiger partial charge in [0.05, 0.1) is 2.91 Å². The Bertz CT molecular complexity index is 314. The van der Waals surface area contributed by atoms with Gasteiger partial charge in [-0.25, -0.2) is 0 Å². The SMILES string of the molecule is C=C(C)/C=C(/I)Sc1ccccc1. The van der Waals surface area contributed by atoms with E-state index in [4.69, 9.17) is 0 Å². The molecule has 0 radical (unpaired) electrons. The average molecular weight is 302 g/mol. The smallest absolute Gasteiger partial charge is 0.0508 e. The first-order valence-corrected chi connectivity index (χ1v) is 5.83. The monoisotopic (exact) mass is 302 g/mol. The third-order valence-electron chi connectivity index (χ3n) is 1.32. The van der Waals surface area contributed by atoms with Crippen LogP contribution in [0, 0.1) is 0 Å². The number of benzene rings is 1. The molecule has 0 aliphatic rings. The lowest BCUT2D eigenvalue weighted by atomic mass is 10.4. The minimum absolute atomic E-state index is 1.09. The van der Waals surface area contributed by atoms with Gasteiger partial charge in [-0.05, 0) is 47.7 Å². The number of hydrogen-bond donors (Lipinski definition) is 0. The zero-order valence-corrected chi connectivity index (χ0v) is 10.4. The van der Waals surface area contributed by atoms with E-state index >= 15 is 0 Å². The molecule has 0 saturated heterocycles. The molecule has 0 unspecified atom stereocenters. The van der Waals surface area contributed by atoms with Crippen molar-refractivity contribution >= 4 is 34.4 Å². The van der Waals surface area contributed by atoms with Gasteiger partial charge in [0.15, 0.2) is 0 Å². The van der Waals surface area contributed by atoms with E-state index in [9.17, 15) is 0 Å². The fourth-order valence-electron chi connectivity index (χ4n) is 0.824. The van der Waals surface area contributed by atoms with Crippen molar-refractivity contribution in [2.24, 2.45) is 0 Å². The van der Waals surface area contributed by atoms with Crippen LogP contribution in [0.5, 0.6) is 0 Å². The summed E-state index contributed by atoms with van der Waals surface area (Å²) in [6.45, 7) is 5.85. The number of hydrogen-bond acceptors (Lipinski definition) is 1. The normalized spacial score (nSPS) is 11.4. The lowest BCUT2D eigenvalue weighted by molar-refractivity contribution is 1.47. The molecule has 0 heterocycles. The zero-order chi connectivity index (χ0) is 9.68. The van der Waals surface area contributed by atoms with Gasteiger partial charge in [0.2, 0.25) is 0 Å². The van der Waals surface area contributed by atoms with Crippen LogP contribution in [-0.4, -0.2) is 0 Å². The van der Waals surface area contributed by atoms with Crippen molar-refractivity contribution < 1.29 is 0 Å². The molecule has 13 heavy (non-hydrogen) atoms. The molecule has 0 amide bonds. The summed E-state index contributed by atoms with van der Waals surface area (Å²) in [5.41, 5.74) is 1.09. The number of thioether (sulfide) groups is 1. The average Bonchev–Trinajstić information content (AvgIpc) is 2.04. The maximum atomic E-state index is 3.84. The fourth-order valence-corrected chi connectivity index (χ4v) is 2.90. The molecule has 0 aromatic heterocycles. The fraction of sp³-hybridized carbons (Fsp3) is 0.0909. The van der Waals surface area contributed by atoms with Crippen LogP contribution in [0.1, 0.15) is 6.92 Å². The van der Waals surface area contributed by atoms with E-state index < -0.39 is 0 Å². The van der Waals surface area contributed by atoms with Gasteiger partial charge in [-0.1, -0.05) is 42.1 Å². The second kappa shape index (κ2) is 5.50. The van der Waals surface area contributed by atoms with E-state index in [2.05, 4.69) is 47.4 Å². The summed E-state index contributed by atoms with van der Waals surface area (Å²) < 4.78 is 1.25. The molecule has 0 saturated carbocycles. The standard InChI is InChI=1S/C11H11IS/c1-9(2)8-11(12)13-10-6-4-3-5-7-10/h3-8H,1H2,2H3/b11-8-. The molecule has 0 atom stereocenters. The van der Waals surface area contributed by atoms with Gasteiger partial charge >= 0.3 is 0 Å². The predicted molar refractivity (Wildman–Crippen MR) is 69.2 cm³/mol. The highest BCUT2D eigenvalue weighted by molar-refractivity contribution is 14.1. The van der Waals surface area contributed by atoms with Gasteiger partial charge in [0, 0.05) is 4.90 Å². The molecule has 0 aliphatic heterocycles. The largest absolute Gasteiger partial charge is 0.0961 e. The lowest BCUT2D eigenvalue weighted by Gasteiger charge is -1.98. The molecule has 0 spiro atoms. The van der Waals surface area contributed by atoms with Gasteiger partial charge in [-0.2, -0.15) is 0 Å². The minimum Gasteiger partial charge on any atom is -0.0961 e. The molecular formula is C11H11IS. The van der Waals surface area contributed by atoms with Crippen molar-refractivity contribution in [1.82, 2.24) is 0 Å². The molecule has 0 bridgehead atoms. The first kappa shape index (κ1) is 10.9. The van der Waals surface area contributed by atoms with E-state index in [0.29, 0.717) is 0 Å². The quantitative estimate of drug-likeness (QED) is 0.445. The van der Waals surface area contributed by atoms with Crippen LogP contribution in [0.25, 0.3) is 0 Å². The second-order valence-electron chi connectivity index (χ2n) is 2.71. The number of halogens is 1. The third kappa shape index (κ3) is 4.52. The van der Waals surface area contributed by atoms with Crippen LogP contribution in [0.2, 0.25) is 0 Å². The molecule has 68 valence electrons. The second-order valence-corrected chi connectivity index (χ2v) is 5.72. The van der Waals surface area contributed by atoms with Crippen molar-refractivity contribution in [3.05, 3.63) is 51.5 Å². The van der Waals surface area contributed by atoms with Crippen molar-refractivity contribution in [2.75, 3.05) is 0 Å². The highest BCUT2D eigenvalue weighted by Crippen LogP contribution is 2.31. The van der Waals surface area contributed by atoms with Gasteiger partial charge in [0.1, 0.15) is 0 Å². The summed E-state index contributed by atoms with van der Waals surface area (Å²) in [5.74, 6) is 0. The molecule has 0 fully saturated rings. The first-order chi connectivity index (χ1) is 6.18. The highest BCUT2D eigenvalue weighted by atomic mass is 127. The molecule has 1 aromatic carbocycles. The van der Waals surface area contributed by atoms with Crippen molar-refractivity contribution in [3.8, 4) is 0 Å². The Kier molecular flexibility index (Phi) is 4.59. The Balaban J connectivity index is 2.65. The van der Waals surface area contributed by atoms with Gasteiger partial charge in [0.25, 0.3) is 0 Å². The summed E-state index contributed by atoms with van der Waals surface area (Å²) in [7, 11) is 0. The maximum absolute atomic E-state index is 3.84. The molecule has 1 aromatic rings. The Labute approximate surface area is 97.3 Å². The Morgan fingerprint density at radius 2 is 2.00 bits per heavy atom. The summed E-state index contributed by atoms with van der Waals surface area (Å²) >= 11 is 4.08. The van der Waals surface area contributed by atoms with Crippen LogP contribution in [0.4, 0.5) is 0 Å². The van der Waals surface area contributed by atoms with Crippen molar-refractivity contribution in [3.63, 3.8) is 0 Å². The zero-order valence-electron chi connectivity index (χ0n) is 7.46. The summed E-state index contributed by atoms with van der Waals surface area (Å²) in [4.78, 5) is 1.27. The molecule has 1 rings (SSSR count). The van der Waals surface area contributed by atoms with E-state index in [1.807, 2.05) is 25.1 Å². The van der Waals surface area contributed by atoms with E-state index in [1.165, 1.54) is 7.81 Å². The van der Waals surface area contributed by atoms with Crippen LogP contribution in [-0.2, 0) is 0 Å². The predicted octanol–water partition coefficient (Wildman–Crippen LogP) is 4.63. The first-order valence-electron chi connectivity index (χ1n) is 3.94. The van der Waals surface area contributed by atoms with Gasteiger partial charge in [-0.15, -0.1) is 0 Å². The third-order valence-corrected chi connectivity index (χ3v) is 3.11. The molecule has 0 N–H and O–H groups in total. The molecule has 0 aliphatic carbocycles. The van der Waals surface area contributed by atoms with E-state index in [1.54, 1.807) is 11.8 Å². The van der Waals surface area contributed by atoms with Gasteiger partial charge in [-0.3, -0.25) is 0 Å². The highest BCUT2D eigenvalue weighted by Gasteiger charge is 1.94. The van der Waals surface area contributed by atoms with Gasteiger partial charge < -0.3 is 0 Å². The lowest BCUT2D eigenvalue weighted by Crippen LogP contribution is -1.69.